The van der Waals surface area contributed by atoms with Gasteiger partial charge in [-0.05, 0) is 79.3 Å². The van der Waals surface area contributed by atoms with E-state index in [-0.39, 0.29) is 81.1 Å². The number of phenolic OH excluding ortho intramolecular Hbond substituents is 1. The number of nitrogens with two attached hydrogens (primary N) is 2. The largest absolute Gasteiger partial charge is 0.508 e. The number of aliphatic carboxylic acids is 1. The molecule has 4 aromatic rings. The molecule has 1 aromatic heterocycles. The van der Waals surface area contributed by atoms with Crippen molar-refractivity contribution in [3.05, 3.63) is 102 Å². The van der Waals surface area contributed by atoms with Crippen molar-refractivity contribution in [2.45, 2.75) is 179 Å². The summed E-state index contributed by atoms with van der Waals surface area (Å²) in [6.45, 7) is 6.49. The van der Waals surface area contributed by atoms with Crippen molar-refractivity contribution in [2.75, 3.05) is 19.8 Å². The normalized spacial score (nSPS) is 15.4. The zero-order valence-corrected chi connectivity index (χ0v) is 52.3. The first-order valence-corrected chi connectivity index (χ1v) is 30.9. The molecular weight excluding hydrogens is 1170 g/mol. The highest BCUT2D eigenvalue weighted by Crippen LogP contribution is 2.28. The van der Waals surface area contributed by atoms with E-state index in [1.807, 2.05) is 18.2 Å². The highest BCUT2D eigenvalue weighted by Gasteiger charge is 2.37. The van der Waals surface area contributed by atoms with Crippen molar-refractivity contribution in [2.24, 2.45) is 28.3 Å². The molecule has 8 amide bonds. The number of aliphatic hydroxyl groups excluding tert-OH is 2. The van der Waals surface area contributed by atoms with E-state index < -0.39 is 133 Å². The number of Topliss-reactive ketones (excluding diaryl/α,β-unsaturated/α-hetero) is 1. The number of H-pyrrole nitrogens is 1. The third-order valence-corrected chi connectivity index (χ3v) is 15.5. The molecular formula is C64H91N13O14. The standard InChI is InChI=1S/C64H91N13O14/c1-36(2)27-47(57(85)75-51(61(89)76-53(34-78)38(5)80)31-42-33-68-45-20-13-12-19-44(42)45)71-58(86)50(30-41-22-24-43(81)25-23-41)72-56(84)46(21-14-26-67-64(65)66)70-63(91)54(35-79)77-60(88)49(29-40-17-10-7-11-18-40)73-59(87)48(28-39-15-8-6-9-16-39)74-62(90)52(32-55(82)83)69-37(3)4/h7,10-13,17-20,22-25,33,36-37,39,46-54,68-69,78-79,81H,6,8-9,14-16,21,26-32,34-35H2,1-5H3,(H,70,91)(H,71,86)(H,72,84)(H,73,87)(H,74,90)(H,75,85)(H,76,89)(H,77,88)(H,82,83)(H4,65,66,67)/t46-,47+,48+,49+,50+,51+,52+,53+,54-/m1/s1. The molecule has 0 saturated heterocycles. The zero-order chi connectivity index (χ0) is 66.7. The molecule has 18 N–H and O–H groups in total. The molecule has 5 rings (SSSR count). The minimum Gasteiger partial charge on any atom is -0.508 e. The van der Waals surface area contributed by atoms with Gasteiger partial charge in [-0.15, -0.1) is 0 Å². The molecule has 1 aliphatic rings. The van der Waals surface area contributed by atoms with Crippen LogP contribution < -0.4 is 59.3 Å². The number of para-hydroxylation sites is 1. The van der Waals surface area contributed by atoms with Crippen LogP contribution in [0, 0.1) is 11.8 Å². The average molecular weight is 1270 g/mol. The Labute approximate surface area is 529 Å². The summed E-state index contributed by atoms with van der Waals surface area (Å²) in [7, 11) is 0. The van der Waals surface area contributed by atoms with Crippen LogP contribution in [0.25, 0.3) is 10.9 Å². The number of guanidine groups is 1. The Kier molecular flexibility index (Phi) is 29.3. The lowest BCUT2D eigenvalue weighted by Crippen LogP contribution is -2.61. The molecule has 0 radical (unpaired) electrons. The van der Waals surface area contributed by atoms with Crippen LogP contribution >= 0.6 is 0 Å². The van der Waals surface area contributed by atoms with Crippen molar-refractivity contribution in [1.82, 2.24) is 52.8 Å². The molecule has 27 nitrogen and oxygen atoms in total. The van der Waals surface area contributed by atoms with E-state index in [0.29, 0.717) is 16.7 Å². The Balaban J connectivity index is 1.42. The lowest BCUT2D eigenvalue weighted by atomic mass is 9.84. The Hall–Kier alpha value is -8.95. The zero-order valence-electron chi connectivity index (χ0n) is 52.3. The quantitative estimate of drug-likeness (QED) is 0.0164. The predicted octanol–water partition coefficient (Wildman–Crippen LogP) is 0.265. The van der Waals surface area contributed by atoms with Gasteiger partial charge in [0.15, 0.2) is 11.7 Å². The molecule has 27 heteroatoms. The van der Waals surface area contributed by atoms with Gasteiger partial charge in [-0.3, -0.25) is 52.9 Å². The highest BCUT2D eigenvalue weighted by molar-refractivity contribution is 5.99. The van der Waals surface area contributed by atoms with Crippen LogP contribution in [0.2, 0.25) is 0 Å². The van der Waals surface area contributed by atoms with Crippen molar-refractivity contribution >= 4 is 75.9 Å². The molecule has 1 saturated carbocycles. The number of benzene rings is 3. The summed E-state index contributed by atoms with van der Waals surface area (Å²) in [5, 5.41) is 65.4. The van der Waals surface area contributed by atoms with Gasteiger partial charge in [0, 0.05) is 48.9 Å². The number of ketones is 1. The van der Waals surface area contributed by atoms with Crippen molar-refractivity contribution in [3.63, 3.8) is 0 Å². The van der Waals surface area contributed by atoms with E-state index >= 15 is 0 Å². The van der Waals surface area contributed by atoms with Gasteiger partial charge in [-0.2, -0.15) is 0 Å². The molecule has 0 aliphatic heterocycles. The van der Waals surface area contributed by atoms with Crippen molar-refractivity contribution < 1.29 is 68.4 Å². The van der Waals surface area contributed by atoms with Crippen molar-refractivity contribution in [3.8, 4) is 5.75 Å². The number of phenols is 1. The maximum atomic E-state index is 14.8. The van der Waals surface area contributed by atoms with Gasteiger partial charge in [0.05, 0.1) is 25.7 Å². The van der Waals surface area contributed by atoms with Crippen LogP contribution in [0.15, 0.2) is 90.1 Å². The van der Waals surface area contributed by atoms with Gasteiger partial charge in [0.2, 0.25) is 47.3 Å². The second kappa shape index (κ2) is 36.6. The van der Waals surface area contributed by atoms with Crippen LogP contribution in [0.3, 0.4) is 0 Å². The summed E-state index contributed by atoms with van der Waals surface area (Å²) < 4.78 is 0. The molecule has 0 bridgehead atoms. The number of carbonyl (C=O) groups excluding carboxylic acids is 9. The second-order valence-electron chi connectivity index (χ2n) is 23.9. The Morgan fingerprint density at radius 2 is 1.03 bits per heavy atom. The first kappa shape index (κ1) is 72.8. The summed E-state index contributed by atoms with van der Waals surface area (Å²) in [4.78, 5) is 146. The van der Waals surface area contributed by atoms with Gasteiger partial charge >= 0.3 is 5.97 Å². The number of aromatic hydroxyl groups is 1. The predicted molar refractivity (Wildman–Crippen MR) is 339 cm³/mol. The van der Waals surface area contributed by atoms with E-state index in [9.17, 15) is 68.4 Å². The number of aliphatic imine (C=N–C) groups is 1. The van der Waals surface area contributed by atoms with Gasteiger partial charge in [0.1, 0.15) is 54.1 Å². The Bertz CT molecular complexity index is 3110. The Morgan fingerprint density at radius 1 is 0.560 bits per heavy atom. The fraction of sp³-hybridized carbons (Fsp3) is 0.516. The second-order valence-corrected chi connectivity index (χ2v) is 23.9. The smallest absolute Gasteiger partial charge is 0.305 e. The van der Waals surface area contributed by atoms with Crippen LogP contribution in [0.1, 0.15) is 116 Å². The van der Waals surface area contributed by atoms with Gasteiger partial charge in [-0.25, -0.2) is 0 Å². The van der Waals surface area contributed by atoms with Crippen LogP contribution in [0.5, 0.6) is 5.75 Å². The number of hydrogen-bond donors (Lipinski definition) is 16. The van der Waals surface area contributed by atoms with Crippen LogP contribution in [0.4, 0.5) is 0 Å². The molecule has 1 aliphatic carbocycles. The van der Waals surface area contributed by atoms with E-state index in [1.165, 1.54) is 31.2 Å². The molecule has 1 heterocycles. The number of carboxylic acid groups (broad SMARTS) is 1. The maximum absolute atomic E-state index is 14.8. The minimum atomic E-state index is -1.77. The first-order valence-electron chi connectivity index (χ1n) is 30.9. The van der Waals surface area contributed by atoms with Gasteiger partial charge in [0.25, 0.3) is 0 Å². The van der Waals surface area contributed by atoms with E-state index in [4.69, 9.17) is 11.5 Å². The fourth-order valence-corrected chi connectivity index (χ4v) is 10.8. The summed E-state index contributed by atoms with van der Waals surface area (Å²) >= 11 is 0. The number of aliphatic hydroxyl groups is 2. The summed E-state index contributed by atoms with van der Waals surface area (Å²) in [6.07, 6.45) is 5.07. The summed E-state index contributed by atoms with van der Waals surface area (Å²) in [5.41, 5.74) is 13.6. The molecule has 3 aromatic carbocycles. The summed E-state index contributed by atoms with van der Waals surface area (Å²) in [6, 6.07) is 8.64. The molecule has 91 heavy (non-hydrogen) atoms. The number of aromatic amines is 1. The number of rotatable bonds is 37. The lowest BCUT2D eigenvalue weighted by Gasteiger charge is -2.30. The average Bonchev–Trinajstić information content (AvgIpc) is 1.94. The third kappa shape index (κ3) is 24.4. The molecule has 9 atom stereocenters. The fourth-order valence-electron chi connectivity index (χ4n) is 10.8. The Morgan fingerprint density at radius 3 is 1.59 bits per heavy atom. The lowest BCUT2D eigenvalue weighted by molar-refractivity contribution is -0.140. The number of amides is 8. The van der Waals surface area contributed by atoms with Crippen molar-refractivity contribution in [1.29, 1.82) is 0 Å². The van der Waals surface area contributed by atoms with E-state index in [0.717, 1.165) is 43.0 Å². The number of fused-ring (bicyclic) bond motifs is 1. The number of carbonyl (C=O) groups is 10. The number of nitrogens with zero attached hydrogens (tertiary/aromatic N) is 1. The monoisotopic (exact) mass is 1270 g/mol. The van der Waals surface area contributed by atoms with Crippen LogP contribution in [-0.4, -0.2) is 171 Å². The van der Waals surface area contributed by atoms with Gasteiger partial charge in [-0.1, -0.05) is 120 Å². The molecule has 0 unspecified atom stereocenters. The number of hydrogen-bond acceptors (Lipinski definition) is 15. The van der Waals surface area contributed by atoms with Gasteiger partial charge < -0.3 is 84.7 Å². The number of carboxylic acids is 1. The molecule has 0 spiro atoms. The maximum Gasteiger partial charge on any atom is 0.305 e. The van der Waals surface area contributed by atoms with E-state index in [1.54, 1.807) is 70.3 Å². The first-order chi connectivity index (χ1) is 43.3. The van der Waals surface area contributed by atoms with E-state index in [2.05, 4.69) is 57.8 Å². The topological polar surface area (TPSA) is 440 Å². The summed E-state index contributed by atoms with van der Waals surface area (Å²) in [5.74, 6) is -9.30. The third-order valence-electron chi connectivity index (χ3n) is 15.5. The molecule has 1 fully saturated rings. The number of aromatic nitrogens is 1. The highest BCUT2D eigenvalue weighted by atomic mass is 16.4. The SMILES string of the molecule is CC(=O)[C@H](CO)NC(=O)[C@H](Cc1c[nH]c2ccccc12)NC(=O)[C@H](CC(C)C)NC(=O)[C@H](Cc1ccc(O)cc1)NC(=O)[C@@H](CCCN=C(N)N)NC(=O)[C@@H](CO)NC(=O)[C@H](Cc1ccccc1)NC(=O)[C@H](CC1CCCCC1)NC(=O)[C@H](CC(=O)O)NC(C)C. The minimum absolute atomic E-state index is 0.0159. The molecule has 496 valence electrons. The number of nitrogens with one attached hydrogen (secondary N) is 10. The van der Waals surface area contributed by atoms with Crippen LogP contribution in [-0.2, 0) is 67.2 Å².